The fourth-order valence-electron chi connectivity index (χ4n) is 3.14. The molecule has 0 radical (unpaired) electrons. The molecule has 1 saturated carbocycles. The van der Waals surface area contributed by atoms with Gasteiger partial charge in [-0.2, -0.15) is 0 Å². The molecule has 2 nitrogen and oxygen atoms in total. The zero-order chi connectivity index (χ0) is 13.9. The van der Waals surface area contributed by atoms with Crippen molar-refractivity contribution in [2.24, 2.45) is 5.92 Å². The smallest absolute Gasteiger partial charge is 0.119 e. The van der Waals surface area contributed by atoms with Crippen molar-refractivity contribution < 1.29 is 4.74 Å². The van der Waals surface area contributed by atoms with Crippen LogP contribution in [-0.4, -0.2) is 32.6 Å². The van der Waals surface area contributed by atoms with E-state index >= 15 is 0 Å². The lowest BCUT2D eigenvalue weighted by molar-refractivity contribution is 0.207. The number of nitrogens with zero attached hydrogens (tertiary/aromatic N) is 1. The van der Waals surface area contributed by atoms with E-state index in [0.29, 0.717) is 5.92 Å². The van der Waals surface area contributed by atoms with Gasteiger partial charge in [0.25, 0.3) is 0 Å². The Morgan fingerprint density at radius 2 is 2.10 bits per heavy atom. The van der Waals surface area contributed by atoms with Crippen molar-refractivity contribution in [1.29, 1.82) is 0 Å². The first kappa shape index (κ1) is 17.6. The predicted octanol–water partition coefficient (Wildman–Crippen LogP) is 4.30. The summed E-state index contributed by atoms with van der Waals surface area (Å²) in [6.45, 7) is 1.04. The summed E-state index contributed by atoms with van der Waals surface area (Å²) in [4.78, 5) is 2.00. The summed E-state index contributed by atoms with van der Waals surface area (Å²) in [6.07, 6.45) is 4.76. The van der Waals surface area contributed by atoms with Crippen molar-refractivity contribution in [2.45, 2.75) is 30.6 Å². The normalized spacial score (nSPS) is 26.1. The van der Waals surface area contributed by atoms with Gasteiger partial charge in [-0.25, -0.2) is 0 Å². The van der Waals surface area contributed by atoms with Crippen LogP contribution >= 0.6 is 24.0 Å². The highest BCUT2D eigenvalue weighted by molar-refractivity contribution is 6.24. The maximum absolute atomic E-state index is 7.06. The number of ether oxygens (including phenoxy) is 1. The van der Waals surface area contributed by atoms with Gasteiger partial charge in [0.1, 0.15) is 5.75 Å². The molecule has 1 aliphatic carbocycles. The Hall–Kier alpha value is -0.440. The molecule has 0 aromatic heterocycles. The maximum atomic E-state index is 7.06. The Kier molecular flexibility index (Phi) is 6.63. The third-order valence-electron chi connectivity index (χ3n) is 4.13. The van der Waals surface area contributed by atoms with Crippen LogP contribution in [0.15, 0.2) is 24.3 Å². The lowest BCUT2D eigenvalue weighted by Crippen LogP contribution is -2.39. The van der Waals surface area contributed by atoms with E-state index < -0.39 is 0 Å². The van der Waals surface area contributed by atoms with Crippen molar-refractivity contribution in [3.05, 3.63) is 29.8 Å². The van der Waals surface area contributed by atoms with E-state index in [4.69, 9.17) is 16.3 Å². The molecule has 4 heteroatoms. The third-order valence-corrected chi connectivity index (χ3v) is 4.84. The average Bonchev–Trinajstić information content (AvgIpc) is 2.41. The lowest BCUT2D eigenvalue weighted by Gasteiger charge is -2.41. The number of hydrogen-bond acceptors (Lipinski definition) is 2. The zero-order valence-corrected chi connectivity index (χ0v) is 14.1. The van der Waals surface area contributed by atoms with E-state index in [1.54, 1.807) is 7.11 Å². The van der Waals surface area contributed by atoms with Crippen LogP contribution in [-0.2, 0) is 4.87 Å². The molecule has 0 bridgehead atoms. The van der Waals surface area contributed by atoms with Crippen LogP contribution in [0, 0.1) is 5.92 Å². The number of rotatable bonds is 4. The molecule has 114 valence electrons. The molecule has 2 rings (SSSR count). The SMILES string of the molecule is COc1cccc(C2(Cl)CCCCC2CN(C)C)c1.Cl. The summed E-state index contributed by atoms with van der Waals surface area (Å²) >= 11 is 7.06. The molecular formula is C16H25Cl2NO. The number of benzene rings is 1. The largest absolute Gasteiger partial charge is 0.497 e. The zero-order valence-electron chi connectivity index (χ0n) is 12.6. The summed E-state index contributed by atoms with van der Waals surface area (Å²) in [7, 11) is 5.95. The van der Waals surface area contributed by atoms with Crippen molar-refractivity contribution in [2.75, 3.05) is 27.7 Å². The van der Waals surface area contributed by atoms with Crippen LogP contribution in [0.5, 0.6) is 5.75 Å². The van der Waals surface area contributed by atoms with Gasteiger partial charge in [-0.05, 0) is 50.6 Å². The third kappa shape index (κ3) is 3.81. The number of alkyl halides is 1. The van der Waals surface area contributed by atoms with Gasteiger partial charge in [-0.1, -0.05) is 25.0 Å². The number of methoxy groups -OCH3 is 1. The Morgan fingerprint density at radius 1 is 1.35 bits per heavy atom. The summed E-state index contributed by atoms with van der Waals surface area (Å²) in [5.41, 5.74) is 1.21. The highest BCUT2D eigenvalue weighted by Gasteiger charge is 2.40. The minimum absolute atomic E-state index is 0. The number of halogens is 2. The van der Waals surface area contributed by atoms with Crippen LogP contribution in [0.3, 0.4) is 0 Å². The minimum Gasteiger partial charge on any atom is -0.497 e. The van der Waals surface area contributed by atoms with E-state index in [0.717, 1.165) is 18.7 Å². The van der Waals surface area contributed by atoms with Crippen LogP contribution in [0.1, 0.15) is 31.2 Å². The quantitative estimate of drug-likeness (QED) is 0.767. The van der Waals surface area contributed by atoms with Crippen LogP contribution < -0.4 is 4.74 Å². The molecule has 20 heavy (non-hydrogen) atoms. The van der Waals surface area contributed by atoms with Gasteiger partial charge >= 0.3 is 0 Å². The second-order valence-corrected chi connectivity index (χ2v) is 6.47. The van der Waals surface area contributed by atoms with Gasteiger partial charge in [0.2, 0.25) is 0 Å². The molecule has 0 heterocycles. The second kappa shape index (κ2) is 7.53. The van der Waals surface area contributed by atoms with Crippen molar-refractivity contribution in [1.82, 2.24) is 4.90 Å². The molecule has 2 atom stereocenters. The molecule has 1 aromatic carbocycles. The molecule has 0 saturated heterocycles. The van der Waals surface area contributed by atoms with Crippen molar-refractivity contribution in [3.63, 3.8) is 0 Å². The topological polar surface area (TPSA) is 12.5 Å². The van der Waals surface area contributed by atoms with E-state index in [1.807, 2.05) is 12.1 Å². The highest BCUT2D eigenvalue weighted by atomic mass is 35.5. The van der Waals surface area contributed by atoms with E-state index in [1.165, 1.54) is 24.8 Å². The number of hydrogen-bond donors (Lipinski definition) is 0. The highest BCUT2D eigenvalue weighted by Crippen LogP contribution is 2.47. The molecule has 1 aromatic rings. The Bertz CT molecular complexity index is 425. The Morgan fingerprint density at radius 3 is 2.75 bits per heavy atom. The summed E-state index contributed by atoms with van der Waals surface area (Å²) in [5.74, 6) is 1.40. The molecule has 0 spiro atoms. The molecule has 1 fully saturated rings. The van der Waals surface area contributed by atoms with E-state index in [-0.39, 0.29) is 17.3 Å². The standard InChI is InChI=1S/C16H24ClNO.ClH/c1-18(2)12-14-7-4-5-10-16(14,17)13-8-6-9-15(11-13)19-3;/h6,8-9,11,14H,4-5,7,10,12H2,1-3H3;1H. The van der Waals surface area contributed by atoms with Gasteiger partial charge in [0, 0.05) is 6.54 Å². The predicted molar refractivity (Wildman–Crippen MR) is 88.3 cm³/mol. The average molecular weight is 318 g/mol. The minimum atomic E-state index is -0.239. The van der Waals surface area contributed by atoms with Gasteiger partial charge in [0.05, 0.1) is 12.0 Å². The van der Waals surface area contributed by atoms with E-state index in [2.05, 4.69) is 31.1 Å². The Labute approximate surface area is 133 Å². The van der Waals surface area contributed by atoms with Crippen LogP contribution in [0.25, 0.3) is 0 Å². The van der Waals surface area contributed by atoms with Gasteiger partial charge in [-0.15, -0.1) is 24.0 Å². The first-order valence-electron chi connectivity index (χ1n) is 7.04. The monoisotopic (exact) mass is 317 g/mol. The summed E-state index contributed by atoms with van der Waals surface area (Å²) < 4.78 is 5.34. The molecule has 0 aliphatic heterocycles. The Balaban J connectivity index is 0.00000200. The van der Waals surface area contributed by atoms with Crippen molar-refractivity contribution in [3.8, 4) is 5.75 Å². The van der Waals surface area contributed by atoms with Crippen molar-refractivity contribution >= 4 is 24.0 Å². The molecule has 0 N–H and O–H groups in total. The molecule has 2 unspecified atom stereocenters. The fraction of sp³-hybridized carbons (Fsp3) is 0.625. The second-order valence-electron chi connectivity index (χ2n) is 5.80. The van der Waals surface area contributed by atoms with Gasteiger partial charge in [0.15, 0.2) is 0 Å². The molecular weight excluding hydrogens is 293 g/mol. The maximum Gasteiger partial charge on any atom is 0.119 e. The van der Waals surface area contributed by atoms with Crippen LogP contribution in [0.4, 0.5) is 0 Å². The van der Waals surface area contributed by atoms with Gasteiger partial charge < -0.3 is 9.64 Å². The van der Waals surface area contributed by atoms with Crippen LogP contribution in [0.2, 0.25) is 0 Å². The molecule has 1 aliphatic rings. The summed E-state index contributed by atoms with van der Waals surface area (Å²) in [5, 5.41) is 0. The van der Waals surface area contributed by atoms with Gasteiger partial charge in [-0.3, -0.25) is 0 Å². The lowest BCUT2D eigenvalue weighted by atomic mass is 9.74. The molecule has 0 amide bonds. The first-order chi connectivity index (χ1) is 9.06. The summed E-state index contributed by atoms with van der Waals surface area (Å²) in [6, 6.07) is 8.26. The first-order valence-corrected chi connectivity index (χ1v) is 7.42. The van der Waals surface area contributed by atoms with E-state index in [9.17, 15) is 0 Å². The fourth-order valence-corrected chi connectivity index (χ4v) is 3.57.